The standard InChI is InChI=1S/C17H24ClNO/c1-2-19(13-15-10-6-7-11-16(15)18)17(20)12-14-8-4-3-5-9-14/h6-7,10-11,14H,2-5,8-9,12-13H2,1H3. The van der Waals surface area contributed by atoms with Gasteiger partial charge in [-0.15, -0.1) is 0 Å². The topological polar surface area (TPSA) is 20.3 Å². The van der Waals surface area contributed by atoms with Crippen LogP contribution in [-0.2, 0) is 11.3 Å². The molecular weight excluding hydrogens is 270 g/mol. The predicted octanol–water partition coefficient (Wildman–Crippen LogP) is 4.66. The van der Waals surface area contributed by atoms with Gasteiger partial charge < -0.3 is 4.90 Å². The zero-order valence-corrected chi connectivity index (χ0v) is 13.0. The number of hydrogen-bond acceptors (Lipinski definition) is 1. The van der Waals surface area contributed by atoms with Crippen LogP contribution in [-0.4, -0.2) is 17.4 Å². The highest BCUT2D eigenvalue weighted by molar-refractivity contribution is 6.31. The highest BCUT2D eigenvalue weighted by atomic mass is 35.5. The van der Waals surface area contributed by atoms with E-state index >= 15 is 0 Å². The van der Waals surface area contributed by atoms with Crippen LogP contribution >= 0.6 is 11.6 Å². The van der Waals surface area contributed by atoms with E-state index in [4.69, 9.17) is 11.6 Å². The lowest BCUT2D eigenvalue weighted by atomic mass is 9.86. The molecule has 1 aliphatic rings. The third-order valence-electron chi connectivity index (χ3n) is 4.24. The molecule has 0 bridgehead atoms. The van der Waals surface area contributed by atoms with E-state index in [0.717, 1.165) is 17.1 Å². The molecule has 1 fully saturated rings. The molecule has 0 saturated heterocycles. The number of carbonyl (C=O) groups is 1. The van der Waals surface area contributed by atoms with E-state index in [-0.39, 0.29) is 5.91 Å². The summed E-state index contributed by atoms with van der Waals surface area (Å²) in [5.74, 6) is 0.871. The second kappa shape index (κ2) is 7.68. The maximum atomic E-state index is 12.4. The van der Waals surface area contributed by atoms with Crippen molar-refractivity contribution in [3.8, 4) is 0 Å². The molecule has 0 heterocycles. The first-order valence-electron chi connectivity index (χ1n) is 7.72. The molecule has 1 aromatic rings. The maximum absolute atomic E-state index is 12.4. The lowest BCUT2D eigenvalue weighted by molar-refractivity contribution is -0.132. The van der Waals surface area contributed by atoms with E-state index in [9.17, 15) is 4.79 Å². The van der Waals surface area contributed by atoms with Gasteiger partial charge in [-0.3, -0.25) is 4.79 Å². The third-order valence-corrected chi connectivity index (χ3v) is 4.61. The quantitative estimate of drug-likeness (QED) is 0.773. The number of amides is 1. The molecule has 2 rings (SSSR count). The van der Waals surface area contributed by atoms with Crippen LogP contribution in [0.4, 0.5) is 0 Å². The van der Waals surface area contributed by atoms with E-state index in [1.165, 1.54) is 32.1 Å². The minimum Gasteiger partial charge on any atom is -0.339 e. The number of nitrogens with zero attached hydrogens (tertiary/aromatic N) is 1. The summed E-state index contributed by atoms with van der Waals surface area (Å²) in [4.78, 5) is 14.4. The van der Waals surface area contributed by atoms with Gasteiger partial charge in [-0.05, 0) is 37.3 Å². The number of benzene rings is 1. The fourth-order valence-electron chi connectivity index (χ4n) is 2.98. The third kappa shape index (κ3) is 4.24. The first-order chi connectivity index (χ1) is 9.70. The molecule has 1 aliphatic carbocycles. The second-order valence-electron chi connectivity index (χ2n) is 5.71. The molecular formula is C17H24ClNO. The van der Waals surface area contributed by atoms with Gasteiger partial charge in [0, 0.05) is 24.5 Å². The molecule has 2 nitrogen and oxygen atoms in total. The van der Waals surface area contributed by atoms with Crippen LogP contribution in [0, 0.1) is 5.92 Å². The number of halogens is 1. The normalized spacial score (nSPS) is 16.1. The monoisotopic (exact) mass is 293 g/mol. The Morgan fingerprint density at radius 3 is 2.60 bits per heavy atom. The van der Waals surface area contributed by atoms with Crippen molar-refractivity contribution >= 4 is 17.5 Å². The zero-order valence-electron chi connectivity index (χ0n) is 12.3. The van der Waals surface area contributed by atoms with Gasteiger partial charge in [0.05, 0.1) is 0 Å². The van der Waals surface area contributed by atoms with Gasteiger partial charge in [0.1, 0.15) is 0 Å². The molecule has 0 aliphatic heterocycles. The second-order valence-corrected chi connectivity index (χ2v) is 6.11. The maximum Gasteiger partial charge on any atom is 0.223 e. The van der Waals surface area contributed by atoms with Crippen molar-refractivity contribution in [3.05, 3.63) is 34.9 Å². The highest BCUT2D eigenvalue weighted by Gasteiger charge is 2.20. The fraction of sp³-hybridized carbons (Fsp3) is 0.588. The Labute approximate surface area is 127 Å². The van der Waals surface area contributed by atoms with Crippen LogP contribution in [0.15, 0.2) is 24.3 Å². The molecule has 20 heavy (non-hydrogen) atoms. The molecule has 3 heteroatoms. The number of rotatable bonds is 5. The Morgan fingerprint density at radius 2 is 1.95 bits per heavy atom. The van der Waals surface area contributed by atoms with Crippen molar-refractivity contribution < 1.29 is 4.79 Å². The Hall–Kier alpha value is -1.02. The van der Waals surface area contributed by atoms with Gasteiger partial charge in [-0.25, -0.2) is 0 Å². The van der Waals surface area contributed by atoms with Gasteiger partial charge >= 0.3 is 0 Å². The molecule has 1 aromatic carbocycles. The van der Waals surface area contributed by atoms with Gasteiger partial charge in [-0.2, -0.15) is 0 Å². The number of hydrogen-bond donors (Lipinski definition) is 0. The van der Waals surface area contributed by atoms with Crippen LogP contribution in [0.2, 0.25) is 5.02 Å². The Bertz CT molecular complexity index is 440. The Balaban J connectivity index is 1.93. The molecule has 1 amide bonds. The summed E-state index contributed by atoms with van der Waals surface area (Å²) in [6.07, 6.45) is 7.05. The summed E-state index contributed by atoms with van der Waals surface area (Å²) in [6, 6.07) is 7.78. The van der Waals surface area contributed by atoms with Gasteiger partial charge in [-0.1, -0.05) is 49.1 Å². The van der Waals surface area contributed by atoms with Crippen molar-refractivity contribution in [1.29, 1.82) is 0 Å². The van der Waals surface area contributed by atoms with E-state index in [1.807, 2.05) is 36.1 Å². The molecule has 0 unspecified atom stereocenters. The smallest absolute Gasteiger partial charge is 0.223 e. The predicted molar refractivity (Wildman–Crippen MR) is 83.7 cm³/mol. The van der Waals surface area contributed by atoms with Crippen molar-refractivity contribution in [3.63, 3.8) is 0 Å². The molecule has 1 saturated carbocycles. The van der Waals surface area contributed by atoms with E-state index in [1.54, 1.807) is 0 Å². The number of carbonyl (C=O) groups excluding carboxylic acids is 1. The molecule has 110 valence electrons. The van der Waals surface area contributed by atoms with E-state index in [0.29, 0.717) is 18.9 Å². The lowest BCUT2D eigenvalue weighted by Gasteiger charge is -2.26. The average Bonchev–Trinajstić information content (AvgIpc) is 2.47. The summed E-state index contributed by atoms with van der Waals surface area (Å²) in [5, 5.41) is 0.747. The van der Waals surface area contributed by atoms with Gasteiger partial charge in [0.2, 0.25) is 5.91 Å². The van der Waals surface area contributed by atoms with Crippen LogP contribution < -0.4 is 0 Å². The van der Waals surface area contributed by atoms with Gasteiger partial charge in [0.15, 0.2) is 0 Å². The SMILES string of the molecule is CCN(Cc1ccccc1Cl)C(=O)CC1CCCCC1. The zero-order chi connectivity index (χ0) is 14.4. The van der Waals surface area contributed by atoms with E-state index in [2.05, 4.69) is 0 Å². The highest BCUT2D eigenvalue weighted by Crippen LogP contribution is 2.27. The van der Waals surface area contributed by atoms with Crippen LogP contribution in [0.5, 0.6) is 0 Å². The first-order valence-corrected chi connectivity index (χ1v) is 8.09. The molecule has 0 aromatic heterocycles. The summed E-state index contributed by atoms with van der Waals surface area (Å²) < 4.78 is 0. The van der Waals surface area contributed by atoms with Crippen molar-refractivity contribution in [2.45, 2.75) is 52.0 Å². The van der Waals surface area contributed by atoms with Crippen LogP contribution in [0.1, 0.15) is 51.0 Å². The summed E-state index contributed by atoms with van der Waals surface area (Å²) in [7, 11) is 0. The largest absolute Gasteiger partial charge is 0.339 e. The van der Waals surface area contributed by atoms with Crippen LogP contribution in [0.3, 0.4) is 0 Å². The minimum atomic E-state index is 0.277. The molecule has 0 radical (unpaired) electrons. The lowest BCUT2D eigenvalue weighted by Crippen LogP contribution is -2.32. The van der Waals surface area contributed by atoms with Crippen LogP contribution in [0.25, 0.3) is 0 Å². The van der Waals surface area contributed by atoms with Crippen molar-refractivity contribution in [2.75, 3.05) is 6.54 Å². The Kier molecular flexibility index (Phi) is 5.90. The summed E-state index contributed by atoms with van der Waals surface area (Å²) in [5.41, 5.74) is 1.04. The van der Waals surface area contributed by atoms with Crippen molar-refractivity contribution in [2.24, 2.45) is 5.92 Å². The summed E-state index contributed by atoms with van der Waals surface area (Å²) >= 11 is 6.18. The van der Waals surface area contributed by atoms with E-state index < -0.39 is 0 Å². The Morgan fingerprint density at radius 1 is 1.25 bits per heavy atom. The van der Waals surface area contributed by atoms with Gasteiger partial charge in [0.25, 0.3) is 0 Å². The summed E-state index contributed by atoms with van der Waals surface area (Å²) in [6.45, 7) is 3.41. The first kappa shape index (κ1) is 15.4. The molecule has 0 spiro atoms. The average molecular weight is 294 g/mol. The fourth-order valence-corrected chi connectivity index (χ4v) is 3.17. The van der Waals surface area contributed by atoms with Crippen molar-refractivity contribution in [1.82, 2.24) is 4.90 Å². The molecule has 0 atom stereocenters. The minimum absolute atomic E-state index is 0.277. The molecule has 0 N–H and O–H groups in total.